The molecule has 0 aliphatic heterocycles. The highest BCUT2D eigenvalue weighted by molar-refractivity contribution is 7.13. The Balaban J connectivity index is 1.43. The third kappa shape index (κ3) is 3.86. The van der Waals surface area contributed by atoms with Crippen LogP contribution in [-0.4, -0.2) is 15.9 Å². The summed E-state index contributed by atoms with van der Waals surface area (Å²) in [5, 5.41) is 6.34. The lowest BCUT2D eigenvalue weighted by molar-refractivity contribution is -0.121. The van der Waals surface area contributed by atoms with Crippen molar-refractivity contribution >= 4 is 33.3 Å². The number of anilines is 1. The van der Waals surface area contributed by atoms with Crippen LogP contribution in [0.15, 0.2) is 42.0 Å². The van der Waals surface area contributed by atoms with Gasteiger partial charge in [0.15, 0.2) is 5.13 Å². The van der Waals surface area contributed by atoms with Crippen LogP contribution in [0, 0.1) is 17.7 Å². The topological polar surface area (TPSA) is 54.9 Å². The lowest BCUT2D eigenvalue weighted by Crippen LogP contribution is -2.29. The second-order valence-corrected chi connectivity index (χ2v) is 8.18. The van der Waals surface area contributed by atoms with Gasteiger partial charge in [0.1, 0.15) is 5.82 Å². The first-order chi connectivity index (χ1) is 13.1. The van der Waals surface area contributed by atoms with E-state index < -0.39 is 0 Å². The summed E-state index contributed by atoms with van der Waals surface area (Å²) < 4.78 is 13.7. The van der Waals surface area contributed by atoms with Crippen molar-refractivity contribution in [3.63, 3.8) is 0 Å². The Kier molecular flexibility index (Phi) is 5.16. The number of hydrogen-bond acceptors (Lipinski definition) is 4. The number of aromatic nitrogens is 2. The molecule has 1 amide bonds. The molecule has 140 valence electrons. The number of carbonyl (C=O) groups excluding carboxylic acids is 1. The monoisotopic (exact) mass is 383 g/mol. The standard InChI is InChI=1S/C21H22FN3OS/c1-13(20(26)25-21-24-10-11-27-21)14-2-4-15(5-3-14)17-8-9-23-19-7-6-16(22)12-18(17)19/h6-15H,2-5H2,1H3,(H,24,25,26). The van der Waals surface area contributed by atoms with Gasteiger partial charge in [0.25, 0.3) is 0 Å². The molecule has 0 radical (unpaired) electrons. The fourth-order valence-corrected chi connectivity index (χ4v) is 4.68. The molecule has 1 saturated carbocycles. The van der Waals surface area contributed by atoms with Gasteiger partial charge in [-0.25, -0.2) is 9.37 Å². The number of hydrogen-bond donors (Lipinski definition) is 1. The Labute approximate surface area is 161 Å². The molecule has 0 spiro atoms. The maximum absolute atomic E-state index is 13.7. The van der Waals surface area contributed by atoms with Gasteiger partial charge in [-0.1, -0.05) is 6.92 Å². The highest BCUT2D eigenvalue weighted by Crippen LogP contribution is 2.41. The Bertz CT molecular complexity index is 936. The second-order valence-electron chi connectivity index (χ2n) is 7.29. The van der Waals surface area contributed by atoms with Crippen LogP contribution in [0.4, 0.5) is 9.52 Å². The Morgan fingerprint density at radius 1 is 1.19 bits per heavy atom. The minimum Gasteiger partial charge on any atom is -0.302 e. The number of halogens is 1. The summed E-state index contributed by atoms with van der Waals surface area (Å²) in [6.07, 6.45) is 7.51. The number of fused-ring (bicyclic) bond motifs is 1. The smallest absolute Gasteiger partial charge is 0.229 e. The van der Waals surface area contributed by atoms with Gasteiger partial charge in [-0.05, 0) is 67.3 Å². The first-order valence-corrected chi connectivity index (χ1v) is 10.2. The zero-order chi connectivity index (χ0) is 18.8. The molecule has 4 rings (SSSR count). The van der Waals surface area contributed by atoms with Crippen LogP contribution in [0.5, 0.6) is 0 Å². The highest BCUT2D eigenvalue weighted by Gasteiger charge is 2.30. The second kappa shape index (κ2) is 7.72. The number of carbonyl (C=O) groups is 1. The zero-order valence-corrected chi connectivity index (χ0v) is 16.0. The number of amides is 1. The molecule has 1 aliphatic rings. The average molecular weight is 383 g/mol. The van der Waals surface area contributed by atoms with Crippen LogP contribution in [0.3, 0.4) is 0 Å². The summed E-state index contributed by atoms with van der Waals surface area (Å²) in [4.78, 5) is 21.0. The maximum atomic E-state index is 13.7. The van der Waals surface area contributed by atoms with Crippen molar-refractivity contribution in [2.45, 2.75) is 38.5 Å². The number of pyridine rings is 1. The number of rotatable bonds is 4. The van der Waals surface area contributed by atoms with E-state index in [1.807, 2.05) is 24.6 Å². The van der Waals surface area contributed by atoms with Crippen molar-refractivity contribution in [1.82, 2.24) is 9.97 Å². The molecule has 1 aliphatic carbocycles. The normalized spacial score (nSPS) is 21.1. The molecule has 0 saturated heterocycles. The van der Waals surface area contributed by atoms with Crippen molar-refractivity contribution < 1.29 is 9.18 Å². The third-order valence-electron chi connectivity index (χ3n) is 5.73. The maximum Gasteiger partial charge on any atom is 0.229 e. The quantitative estimate of drug-likeness (QED) is 0.658. The molecule has 1 atom stereocenters. The van der Waals surface area contributed by atoms with Crippen molar-refractivity contribution in [2.24, 2.45) is 11.8 Å². The molecule has 1 aromatic carbocycles. The van der Waals surface area contributed by atoms with Crippen molar-refractivity contribution in [1.29, 1.82) is 0 Å². The number of nitrogens with zero attached hydrogens (tertiary/aromatic N) is 2. The van der Waals surface area contributed by atoms with Gasteiger partial charge in [0.05, 0.1) is 5.52 Å². The van der Waals surface area contributed by atoms with E-state index in [2.05, 4.69) is 15.3 Å². The summed E-state index contributed by atoms with van der Waals surface area (Å²) in [5.41, 5.74) is 2.02. The first kappa shape index (κ1) is 18.0. The molecule has 4 nitrogen and oxygen atoms in total. The Hall–Kier alpha value is -2.34. The van der Waals surface area contributed by atoms with Crippen molar-refractivity contribution in [3.8, 4) is 0 Å². The van der Waals surface area contributed by atoms with E-state index >= 15 is 0 Å². The molecule has 1 N–H and O–H groups in total. The predicted molar refractivity (Wildman–Crippen MR) is 106 cm³/mol. The van der Waals surface area contributed by atoms with E-state index in [9.17, 15) is 9.18 Å². The predicted octanol–water partition coefficient (Wildman–Crippen LogP) is 5.38. The van der Waals surface area contributed by atoms with Crippen molar-refractivity contribution in [2.75, 3.05) is 5.32 Å². The minimum absolute atomic E-state index is 0.0403. The molecular formula is C21H22FN3OS. The van der Waals surface area contributed by atoms with E-state index in [0.717, 1.165) is 36.6 Å². The molecule has 2 heterocycles. The number of thiazole rings is 1. The minimum atomic E-state index is -0.224. The molecule has 2 aromatic heterocycles. The van der Waals surface area contributed by atoms with E-state index in [0.29, 0.717) is 17.0 Å². The number of nitrogens with one attached hydrogen (secondary N) is 1. The molecule has 3 aromatic rings. The van der Waals surface area contributed by atoms with Gasteiger partial charge in [-0.3, -0.25) is 9.78 Å². The Morgan fingerprint density at radius 2 is 2.00 bits per heavy atom. The van der Waals surface area contributed by atoms with Gasteiger partial charge in [0, 0.05) is 29.1 Å². The average Bonchev–Trinajstić information content (AvgIpc) is 3.20. The highest BCUT2D eigenvalue weighted by atomic mass is 32.1. The first-order valence-electron chi connectivity index (χ1n) is 9.36. The fraction of sp³-hybridized carbons (Fsp3) is 0.381. The van der Waals surface area contributed by atoms with Gasteiger partial charge in [0.2, 0.25) is 5.91 Å². The summed E-state index contributed by atoms with van der Waals surface area (Å²) in [6, 6.07) is 6.81. The fourth-order valence-electron chi connectivity index (χ4n) is 4.14. The number of benzene rings is 1. The lowest BCUT2D eigenvalue weighted by Gasteiger charge is -2.32. The van der Waals surface area contributed by atoms with Crippen LogP contribution < -0.4 is 5.32 Å². The molecule has 27 heavy (non-hydrogen) atoms. The van der Waals surface area contributed by atoms with Crippen LogP contribution >= 0.6 is 11.3 Å². The zero-order valence-electron chi connectivity index (χ0n) is 15.2. The van der Waals surface area contributed by atoms with Gasteiger partial charge < -0.3 is 5.32 Å². The summed E-state index contributed by atoms with van der Waals surface area (Å²) >= 11 is 1.44. The van der Waals surface area contributed by atoms with E-state index in [-0.39, 0.29) is 17.6 Å². The molecule has 1 unspecified atom stereocenters. The van der Waals surface area contributed by atoms with E-state index in [4.69, 9.17) is 0 Å². The molecule has 6 heteroatoms. The summed E-state index contributed by atoms with van der Waals surface area (Å²) in [6.45, 7) is 2.01. The van der Waals surface area contributed by atoms with E-state index in [1.54, 1.807) is 18.3 Å². The largest absolute Gasteiger partial charge is 0.302 e. The van der Waals surface area contributed by atoms with Gasteiger partial charge in [-0.2, -0.15) is 0 Å². The van der Waals surface area contributed by atoms with Crippen LogP contribution in [0.1, 0.15) is 44.1 Å². The Morgan fingerprint density at radius 3 is 2.74 bits per heavy atom. The van der Waals surface area contributed by atoms with E-state index in [1.165, 1.54) is 23.0 Å². The van der Waals surface area contributed by atoms with Crippen LogP contribution in [0.25, 0.3) is 10.9 Å². The van der Waals surface area contributed by atoms with Crippen LogP contribution in [-0.2, 0) is 4.79 Å². The molecule has 0 bridgehead atoms. The van der Waals surface area contributed by atoms with Crippen molar-refractivity contribution in [3.05, 3.63) is 53.4 Å². The SMILES string of the molecule is CC(C(=O)Nc1nccs1)C1CCC(c2ccnc3ccc(F)cc23)CC1. The summed E-state index contributed by atoms with van der Waals surface area (Å²) in [5.74, 6) is 0.540. The molecule has 1 fully saturated rings. The van der Waals surface area contributed by atoms with Gasteiger partial charge >= 0.3 is 0 Å². The third-order valence-corrected chi connectivity index (χ3v) is 6.42. The molecular weight excluding hydrogens is 361 g/mol. The van der Waals surface area contributed by atoms with Crippen LogP contribution in [0.2, 0.25) is 0 Å². The lowest BCUT2D eigenvalue weighted by atomic mass is 9.73. The summed E-state index contributed by atoms with van der Waals surface area (Å²) in [7, 11) is 0. The van der Waals surface area contributed by atoms with Gasteiger partial charge in [-0.15, -0.1) is 11.3 Å².